The lowest BCUT2D eigenvalue weighted by Gasteiger charge is -2.24. The molecule has 3 nitrogen and oxygen atoms in total. The summed E-state index contributed by atoms with van der Waals surface area (Å²) < 4.78 is 1.07. The number of halogens is 1. The molecule has 0 spiro atoms. The molecule has 0 bridgehead atoms. The van der Waals surface area contributed by atoms with Gasteiger partial charge in [-0.25, -0.2) is 0 Å². The number of amides is 1. The van der Waals surface area contributed by atoms with Crippen LogP contribution in [0.4, 0.5) is 0 Å². The monoisotopic (exact) mass is 338 g/mol. The molecule has 1 fully saturated rings. The van der Waals surface area contributed by atoms with Crippen molar-refractivity contribution in [2.24, 2.45) is 0 Å². The highest BCUT2D eigenvalue weighted by Crippen LogP contribution is 2.17. The van der Waals surface area contributed by atoms with Gasteiger partial charge in [-0.1, -0.05) is 47.3 Å². The fourth-order valence-corrected chi connectivity index (χ4v) is 3.03. The van der Waals surface area contributed by atoms with E-state index in [1.54, 1.807) is 0 Å². The predicted molar refractivity (Wildman–Crippen MR) is 85.5 cm³/mol. The number of carbonyl (C=O) groups excluding carboxylic acids is 1. The summed E-state index contributed by atoms with van der Waals surface area (Å²) in [5.41, 5.74) is 1.18. The molecule has 0 saturated heterocycles. The molecule has 1 atom stereocenters. The van der Waals surface area contributed by atoms with Gasteiger partial charge in [-0.05, 0) is 37.5 Å². The first-order valence-corrected chi connectivity index (χ1v) is 8.22. The van der Waals surface area contributed by atoms with Gasteiger partial charge in [0.1, 0.15) is 0 Å². The van der Waals surface area contributed by atoms with E-state index < -0.39 is 0 Å². The summed E-state index contributed by atoms with van der Waals surface area (Å²) in [6.45, 7) is 2.63. The highest BCUT2D eigenvalue weighted by Gasteiger charge is 2.19. The van der Waals surface area contributed by atoms with Gasteiger partial charge in [-0.3, -0.25) is 4.79 Å². The third-order valence-corrected chi connectivity index (χ3v) is 4.34. The van der Waals surface area contributed by atoms with Gasteiger partial charge in [0.25, 0.3) is 0 Å². The first-order valence-electron chi connectivity index (χ1n) is 7.43. The maximum Gasteiger partial charge on any atom is 0.237 e. The quantitative estimate of drug-likeness (QED) is 0.864. The average molecular weight is 339 g/mol. The van der Waals surface area contributed by atoms with Crippen molar-refractivity contribution in [3.05, 3.63) is 34.3 Å². The molecule has 1 saturated carbocycles. The Morgan fingerprint density at radius 3 is 2.80 bits per heavy atom. The standard InChI is InChI=1S/C16H23BrN2O/c1-12(16(20)19-15-8-3-2-4-9-15)18-11-13-6-5-7-14(17)10-13/h5-7,10,12,15,18H,2-4,8-9,11H2,1H3,(H,19,20). The van der Waals surface area contributed by atoms with Crippen molar-refractivity contribution in [3.8, 4) is 0 Å². The Morgan fingerprint density at radius 2 is 2.10 bits per heavy atom. The summed E-state index contributed by atoms with van der Waals surface area (Å²) in [5.74, 6) is 0.117. The van der Waals surface area contributed by atoms with E-state index in [2.05, 4.69) is 38.7 Å². The fourth-order valence-electron chi connectivity index (χ4n) is 2.58. The molecule has 110 valence electrons. The van der Waals surface area contributed by atoms with Crippen molar-refractivity contribution >= 4 is 21.8 Å². The highest BCUT2D eigenvalue weighted by molar-refractivity contribution is 9.10. The molecule has 1 aromatic carbocycles. The van der Waals surface area contributed by atoms with Gasteiger partial charge in [-0.2, -0.15) is 0 Å². The second kappa shape index (κ2) is 7.79. The minimum absolute atomic E-state index is 0.117. The largest absolute Gasteiger partial charge is 0.352 e. The number of rotatable bonds is 5. The molecule has 1 unspecified atom stereocenters. The lowest BCUT2D eigenvalue weighted by molar-refractivity contribution is -0.123. The third kappa shape index (κ3) is 4.91. The van der Waals surface area contributed by atoms with E-state index in [1.807, 2.05) is 19.1 Å². The Balaban J connectivity index is 1.76. The van der Waals surface area contributed by atoms with Crippen LogP contribution in [-0.2, 0) is 11.3 Å². The van der Waals surface area contributed by atoms with Crippen LogP contribution in [0.1, 0.15) is 44.6 Å². The number of hydrogen-bond acceptors (Lipinski definition) is 2. The van der Waals surface area contributed by atoms with Crippen LogP contribution >= 0.6 is 15.9 Å². The van der Waals surface area contributed by atoms with Gasteiger partial charge in [0.2, 0.25) is 5.91 Å². The molecule has 2 rings (SSSR count). The normalized spacial score (nSPS) is 17.7. The molecule has 1 aliphatic rings. The molecule has 20 heavy (non-hydrogen) atoms. The second-order valence-corrected chi connectivity index (χ2v) is 6.49. The van der Waals surface area contributed by atoms with Crippen LogP contribution in [0.15, 0.2) is 28.7 Å². The van der Waals surface area contributed by atoms with E-state index in [1.165, 1.54) is 24.8 Å². The smallest absolute Gasteiger partial charge is 0.237 e. The van der Waals surface area contributed by atoms with Crippen LogP contribution in [0.2, 0.25) is 0 Å². The van der Waals surface area contributed by atoms with Crippen LogP contribution in [-0.4, -0.2) is 18.0 Å². The Morgan fingerprint density at radius 1 is 1.35 bits per heavy atom. The Hall–Kier alpha value is -0.870. The van der Waals surface area contributed by atoms with Crippen LogP contribution in [0.5, 0.6) is 0 Å². The zero-order valence-corrected chi connectivity index (χ0v) is 13.6. The van der Waals surface area contributed by atoms with Crippen LogP contribution < -0.4 is 10.6 Å². The van der Waals surface area contributed by atoms with E-state index in [9.17, 15) is 4.79 Å². The summed E-state index contributed by atoms with van der Waals surface area (Å²) in [6, 6.07) is 8.36. The van der Waals surface area contributed by atoms with E-state index in [0.717, 1.165) is 17.3 Å². The maximum absolute atomic E-state index is 12.1. The molecule has 0 heterocycles. The summed E-state index contributed by atoms with van der Waals surface area (Å²) >= 11 is 3.46. The summed E-state index contributed by atoms with van der Waals surface area (Å²) in [5, 5.41) is 6.44. The molecule has 1 aromatic rings. The molecular weight excluding hydrogens is 316 g/mol. The number of carbonyl (C=O) groups is 1. The minimum atomic E-state index is -0.157. The number of hydrogen-bond donors (Lipinski definition) is 2. The van der Waals surface area contributed by atoms with Crippen LogP contribution in [0.3, 0.4) is 0 Å². The molecule has 4 heteroatoms. The summed E-state index contributed by atoms with van der Waals surface area (Å²) in [6.07, 6.45) is 6.05. The molecule has 0 aliphatic heterocycles. The van der Waals surface area contributed by atoms with Crippen molar-refractivity contribution in [1.29, 1.82) is 0 Å². The van der Waals surface area contributed by atoms with Crippen LogP contribution in [0.25, 0.3) is 0 Å². The minimum Gasteiger partial charge on any atom is -0.352 e. The summed E-state index contributed by atoms with van der Waals surface area (Å²) in [7, 11) is 0. The van der Waals surface area contributed by atoms with Gasteiger partial charge in [-0.15, -0.1) is 0 Å². The zero-order chi connectivity index (χ0) is 14.4. The lowest BCUT2D eigenvalue weighted by Crippen LogP contribution is -2.46. The fraction of sp³-hybridized carbons (Fsp3) is 0.562. The zero-order valence-electron chi connectivity index (χ0n) is 12.0. The Kier molecular flexibility index (Phi) is 6.05. The molecule has 1 aliphatic carbocycles. The van der Waals surface area contributed by atoms with Gasteiger partial charge in [0.05, 0.1) is 6.04 Å². The Labute approximate surface area is 129 Å². The number of benzene rings is 1. The van der Waals surface area contributed by atoms with Crippen molar-refractivity contribution in [3.63, 3.8) is 0 Å². The lowest BCUT2D eigenvalue weighted by atomic mass is 9.95. The Bertz CT molecular complexity index is 444. The van der Waals surface area contributed by atoms with E-state index >= 15 is 0 Å². The van der Waals surface area contributed by atoms with Gasteiger partial charge >= 0.3 is 0 Å². The van der Waals surface area contributed by atoms with Crippen molar-refractivity contribution in [2.75, 3.05) is 0 Å². The molecule has 2 N–H and O–H groups in total. The van der Waals surface area contributed by atoms with Crippen molar-refractivity contribution < 1.29 is 4.79 Å². The maximum atomic E-state index is 12.1. The van der Waals surface area contributed by atoms with Gasteiger partial charge in [0, 0.05) is 17.1 Å². The van der Waals surface area contributed by atoms with E-state index in [4.69, 9.17) is 0 Å². The first-order chi connectivity index (χ1) is 9.65. The third-order valence-electron chi connectivity index (χ3n) is 3.85. The number of nitrogens with one attached hydrogen (secondary N) is 2. The van der Waals surface area contributed by atoms with E-state index in [-0.39, 0.29) is 11.9 Å². The highest BCUT2D eigenvalue weighted by atomic mass is 79.9. The van der Waals surface area contributed by atoms with Crippen molar-refractivity contribution in [2.45, 2.75) is 57.7 Å². The molecular formula is C16H23BrN2O. The predicted octanol–water partition coefficient (Wildman–Crippen LogP) is 3.38. The average Bonchev–Trinajstić information content (AvgIpc) is 2.46. The molecule has 1 amide bonds. The van der Waals surface area contributed by atoms with Gasteiger partial charge < -0.3 is 10.6 Å². The molecule has 0 aromatic heterocycles. The SMILES string of the molecule is CC(NCc1cccc(Br)c1)C(=O)NC1CCCCC1. The molecule has 0 radical (unpaired) electrons. The van der Waals surface area contributed by atoms with Crippen molar-refractivity contribution in [1.82, 2.24) is 10.6 Å². The topological polar surface area (TPSA) is 41.1 Å². The van der Waals surface area contributed by atoms with E-state index in [0.29, 0.717) is 12.6 Å². The second-order valence-electron chi connectivity index (χ2n) is 5.58. The van der Waals surface area contributed by atoms with Gasteiger partial charge in [0.15, 0.2) is 0 Å². The van der Waals surface area contributed by atoms with Crippen LogP contribution in [0, 0.1) is 0 Å². The first kappa shape index (κ1) is 15.5. The summed E-state index contributed by atoms with van der Waals surface area (Å²) in [4.78, 5) is 12.1.